The second kappa shape index (κ2) is 7.05. The number of rotatable bonds is 5. The number of nitrogens with one attached hydrogen (secondary N) is 1. The summed E-state index contributed by atoms with van der Waals surface area (Å²) in [5.41, 5.74) is 0.613. The fraction of sp³-hybridized carbons (Fsp3) is 0. The predicted molar refractivity (Wildman–Crippen MR) is 81.2 cm³/mol. The Bertz CT molecular complexity index is 821. The van der Waals surface area contributed by atoms with Crippen LogP contribution in [0, 0.1) is 26.0 Å². The van der Waals surface area contributed by atoms with Gasteiger partial charge in [-0.25, -0.2) is 9.82 Å². The molecule has 0 saturated carbocycles. The lowest BCUT2D eigenvalue weighted by Crippen LogP contribution is -2.18. The molecule has 0 radical (unpaired) electrons. The van der Waals surface area contributed by atoms with E-state index in [-0.39, 0.29) is 11.1 Å². The molecule has 2 aromatic carbocycles. The van der Waals surface area contributed by atoms with Crippen molar-refractivity contribution < 1.29 is 19.0 Å². The van der Waals surface area contributed by atoms with Crippen molar-refractivity contribution in [3.8, 4) is 0 Å². The molecule has 0 bridgehead atoms. The third-order valence-electron chi connectivity index (χ3n) is 2.86. The average Bonchev–Trinajstić information content (AvgIpc) is 2.56. The first-order valence-electron chi connectivity index (χ1n) is 6.40. The van der Waals surface area contributed by atoms with Crippen molar-refractivity contribution in [2.24, 2.45) is 5.10 Å². The molecule has 0 aliphatic rings. The van der Waals surface area contributed by atoms with E-state index in [1.165, 1.54) is 18.2 Å². The van der Waals surface area contributed by atoms with Gasteiger partial charge in [-0.2, -0.15) is 5.10 Å². The molecule has 0 heterocycles. The summed E-state index contributed by atoms with van der Waals surface area (Å²) < 4.78 is 13.4. The molecule has 2 aromatic rings. The van der Waals surface area contributed by atoms with Gasteiger partial charge in [0.25, 0.3) is 17.3 Å². The molecule has 24 heavy (non-hydrogen) atoms. The highest BCUT2D eigenvalue weighted by Gasteiger charge is 2.19. The number of non-ortho nitro benzene ring substituents is 2. The van der Waals surface area contributed by atoms with Crippen LogP contribution in [0.15, 0.2) is 47.6 Å². The van der Waals surface area contributed by atoms with Crippen molar-refractivity contribution in [3.05, 3.63) is 79.6 Å². The van der Waals surface area contributed by atoms with Gasteiger partial charge in [0.15, 0.2) is 0 Å². The molecule has 0 fully saturated rings. The van der Waals surface area contributed by atoms with Crippen LogP contribution in [0.5, 0.6) is 0 Å². The van der Waals surface area contributed by atoms with Crippen LogP contribution in [0.3, 0.4) is 0 Å². The molecule has 9 nitrogen and oxygen atoms in total. The maximum Gasteiger partial charge on any atom is 0.277 e. The number of hydrogen-bond donors (Lipinski definition) is 1. The standard InChI is InChI=1S/C14H9FN4O5/c15-13-4-2-1-3-9(13)8-16-17-14(20)10-5-11(18(21)22)7-12(6-10)19(23)24/h1-8H,(H,17,20)/b16-8+. The first kappa shape index (κ1) is 16.7. The normalized spacial score (nSPS) is 10.5. The summed E-state index contributed by atoms with van der Waals surface area (Å²) in [6.45, 7) is 0. The summed E-state index contributed by atoms with van der Waals surface area (Å²) >= 11 is 0. The molecular weight excluding hydrogens is 323 g/mol. The van der Waals surface area contributed by atoms with E-state index in [1.54, 1.807) is 6.07 Å². The van der Waals surface area contributed by atoms with Crippen LogP contribution in [0.2, 0.25) is 0 Å². The van der Waals surface area contributed by atoms with Crippen LogP contribution >= 0.6 is 0 Å². The highest BCUT2D eigenvalue weighted by Crippen LogP contribution is 2.22. The Hall–Kier alpha value is -3.69. The van der Waals surface area contributed by atoms with E-state index >= 15 is 0 Å². The van der Waals surface area contributed by atoms with Crippen molar-refractivity contribution in [1.82, 2.24) is 5.43 Å². The summed E-state index contributed by atoms with van der Waals surface area (Å²) in [7, 11) is 0. The molecule has 0 spiro atoms. The Morgan fingerprint density at radius 3 is 2.21 bits per heavy atom. The Labute approximate surface area is 133 Å². The van der Waals surface area contributed by atoms with Gasteiger partial charge in [-0.3, -0.25) is 25.0 Å². The van der Waals surface area contributed by atoms with Crippen LogP contribution in [-0.2, 0) is 0 Å². The average molecular weight is 332 g/mol. The Balaban J connectivity index is 2.22. The van der Waals surface area contributed by atoms with Gasteiger partial charge in [-0.05, 0) is 6.07 Å². The van der Waals surface area contributed by atoms with E-state index in [9.17, 15) is 29.4 Å². The zero-order valence-electron chi connectivity index (χ0n) is 11.9. The van der Waals surface area contributed by atoms with Crippen molar-refractivity contribution in [2.45, 2.75) is 0 Å². The third-order valence-corrected chi connectivity index (χ3v) is 2.86. The van der Waals surface area contributed by atoms with Gasteiger partial charge in [0.2, 0.25) is 0 Å². The van der Waals surface area contributed by atoms with Gasteiger partial charge in [0, 0.05) is 17.7 Å². The largest absolute Gasteiger partial charge is 0.277 e. The smallest absolute Gasteiger partial charge is 0.267 e. The summed E-state index contributed by atoms with van der Waals surface area (Å²) in [5, 5.41) is 25.1. The number of nitro groups is 2. The van der Waals surface area contributed by atoms with Crippen molar-refractivity contribution in [1.29, 1.82) is 0 Å². The van der Waals surface area contributed by atoms with Gasteiger partial charge in [-0.15, -0.1) is 0 Å². The molecule has 1 amide bonds. The second-order valence-electron chi connectivity index (χ2n) is 4.47. The van der Waals surface area contributed by atoms with Gasteiger partial charge in [-0.1, -0.05) is 18.2 Å². The van der Waals surface area contributed by atoms with Crippen molar-refractivity contribution in [3.63, 3.8) is 0 Å². The molecule has 1 N–H and O–H groups in total. The Morgan fingerprint density at radius 1 is 1.08 bits per heavy atom. The quantitative estimate of drug-likeness (QED) is 0.511. The zero-order chi connectivity index (χ0) is 17.7. The lowest BCUT2D eigenvalue weighted by Gasteiger charge is -2.01. The van der Waals surface area contributed by atoms with E-state index in [4.69, 9.17) is 0 Å². The maximum absolute atomic E-state index is 13.4. The fourth-order valence-electron chi connectivity index (χ4n) is 1.74. The van der Waals surface area contributed by atoms with Crippen LogP contribution in [-0.4, -0.2) is 22.0 Å². The number of carbonyl (C=O) groups excluding carboxylic acids is 1. The molecule has 0 saturated heterocycles. The minimum atomic E-state index is -0.908. The fourth-order valence-corrected chi connectivity index (χ4v) is 1.74. The monoisotopic (exact) mass is 332 g/mol. The van der Waals surface area contributed by atoms with E-state index < -0.39 is 32.9 Å². The van der Waals surface area contributed by atoms with Gasteiger partial charge < -0.3 is 0 Å². The van der Waals surface area contributed by atoms with Crippen LogP contribution in [0.4, 0.5) is 15.8 Å². The number of hydrogen-bond acceptors (Lipinski definition) is 6. The molecule has 122 valence electrons. The van der Waals surface area contributed by atoms with Crippen LogP contribution in [0.25, 0.3) is 0 Å². The number of hydrazone groups is 1. The molecule has 0 aliphatic carbocycles. The Kier molecular flexibility index (Phi) is 4.90. The SMILES string of the molecule is O=C(N/N=C/c1ccccc1F)c1cc([N+](=O)[O-])cc([N+](=O)[O-])c1. The highest BCUT2D eigenvalue weighted by molar-refractivity contribution is 5.96. The molecule has 10 heteroatoms. The van der Waals surface area contributed by atoms with Gasteiger partial charge >= 0.3 is 0 Å². The third kappa shape index (κ3) is 3.94. The summed E-state index contributed by atoms with van der Waals surface area (Å²) in [5.74, 6) is -1.46. The number of halogens is 1. The van der Waals surface area contributed by atoms with Crippen molar-refractivity contribution >= 4 is 23.5 Å². The van der Waals surface area contributed by atoms with Crippen LogP contribution < -0.4 is 5.43 Å². The summed E-state index contributed by atoms with van der Waals surface area (Å²) in [4.78, 5) is 31.7. The molecule has 2 rings (SSSR count). The number of carbonyl (C=O) groups is 1. The number of nitrogens with zero attached hydrogens (tertiary/aromatic N) is 3. The molecule has 0 atom stereocenters. The maximum atomic E-state index is 13.4. The van der Waals surface area contributed by atoms with E-state index in [1.807, 2.05) is 5.43 Å². The number of nitro benzene ring substituents is 2. The first-order valence-corrected chi connectivity index (χ1v) is 6.40. The highest BCUT2D eigenvalue weighted by atomic mass is 19.1. The lowest BCUT2D eigenvalue weighted by atomic mass is 10.1. The molecular formula is C14H9FN4O5. The predicted octanol–water partition coefficient (Wildman–Crippen LogP) is 2.41. The first-order chi connectivity index (χ1) is 11.4. The topological polar surface area (TPSA) is 128 Å². The minimum Gasteiger partial charge on any atom is -0.267 e. The molecule has 0 aromatic heterocycles. The van der Waals surface area contributed by atoms with E-state index in [0.717, 1.165) is 24.4 Å². The summed E-state index contributed by atoms with van der Waals surface area (Å²) in [6, 6.07) is 8.15. The second-order valence-corrected chi connectivity index (χ2v) is 4.47. The van der Waals surface area contributed by atoms with Crippen molar-refractivity contribution in [2.75, 3.05) is 0 Å². The number of benzene rings is 2. The number of amides is 1. The lowest BCUT2D eigenvalue weighted by molar-refractivity contribution is -0.394. The molecule has 0 unspecified atom stereocenters. The van der Waals surface area contributed by atoms with E-state index in [2.05, 4.69) is 5.10 Å². The summed E-state index contributed by atoms with van der Waals surface area (Å²) in [6.07, 6.45) is 1.04. The minimum absolute atomic E-state index is 0.114. The molecule has 0 aliphatic heterocycles. The zero-order valence-corrected chi connectivity index (χ0v) is 11.9. The van der Waals surface area contributed by atoms with E-state index in [0.29, 0.717) is 0 Å². The van der Waals surface area contributed by atoms with Gasteiger partial charge in [0.1, 0.15) is 5.82 Å². The van der Waals surface area contributed by atoms with Crippen LogP contribution in [0.1, 0.15) is 15.9 Å². The van der Waals surface area contributed by atoms with Gasteiger partial charge in [0.05, 0.1) is 27.7 Å². The Morgan fingerprint density at radius 2 is 1.67 bits per heavy atom.